The lowest BCUT2D eigenvalue weighted by Crippen LogP contribution is -2.57. The lowest BCUT2D eigenvalue weighted by atomic mass is 9.60. The summed E-state index contributed by atoms with van der Waals surface area (Å²) in [5, 5.41) is 6.68. The summed E-state index contributed by atoms with van der Waals surface area (Å²) in [6.07, 6.45) is 0.463. The van der Waals surface area contributed by atoms with Gasteiger partial charge in [-0.3, -0.25) is 9.59 Å². The van der Waals surface area contributed by atoms with Gasteiger partial charge in [-0.25, -0.2) is 9.37 Å². The maximum atomic E-state index is 14.2. The monoisotopic (exact) mass is 471 g/mol. The molecule has 7 rings (SSSR count). The van der Waals surface area contributed by atoms with Crippen molar-refractivity contribution in [3.05, 3.63) is 83.0 Å². The van der Waals surface area contributed by atoms with Crippen molar-refractivity contribution in [3.8, 4) is 11.3 Å². The number of nitrogens with one attached hydrogen (secondary N) is 1. The molecule has 3 aliphatic rings. The van der Waals surface area contributed by atoms with Gasteiger partial charge in [-0.15, -0.1) is 11.3 Å². The van der Waals surface area contributed by atoms with Crippen molar-refractivity contribution in [2.75, 3.05) is 12.4 Å². The molecular weight excluding hydrogens is 449 g/mol. The van der Waals surface area contributed by atoms with Gasteiger partial charge in [0.15, 0.2) is 5.13 Å². The van der Waals surface area contributed by atoms with Crippen molar-refractivity contribution in [3.63, 3.8) is 0 Å². The van der Waals surface area contributed by atoms with E-state index in [1.165, 1.54) is 17.4 Å². The third-order valence-electron chi connectivity index (χ3n) is 7.32. The van der Waals surface area contributed by atoms with Gasteiger partial charge in [-0.05, 0) is 42.0 Å². The Morgan fingerprint density at radius 1 is 1.09 bits per heavy atom. The normalized spacial score (nSPS) is 23.3. The highest BCUT2D eigenvalue weighted by Gasteiger charge is 2.57. The third-order valence-corrected chi connectivity index (χ3v) is 8.08. The summed E-state index contributed by atoms with van der Waals surface area (Å²) in [5.74, 6) is -0.684. The summed E-state index contributed by atoms with van der Waals surface area (Å²) in [4.78, 5) is 32.8. The molecule has 1 aliphatic carbocycles. The summed E-state index contributed by atoms with van der Waals surface area (Å²) in [5.41, 5.74) is 2.79. The summed E-state index contributed by atoms with van der Waals surface area (Å²) in [6.45, 7) is 1.93. The molecule has 2 aliphatic heterocycles. The van der Waals surface area contributed by atoms with Crippen LogP contribution in [0.4, 0.5) is 9.52 Å². The second kappa shape index (κ2) is 7.46. The van der Waals surface area contributed by atoms with Gasteiger partial charge in [-0.1, -0.05) is 48.5 Å². The number of rotatable bonds is 3. The van der Waals surface area contributed by atoms with Crippen molar-refractivity contribution in [2.45, 2.75) is 25.3 Å². The predicted octanol–water partition coefficient (Wildman–Crippen LogP) is 5.75. The van der Waals surface area contributed by atoms with Crippen molar-refractivity contribution >= 4 is 39.1 Å². The van der Waals surface area contributed by atoms with Crippen LogP contribution in [0.1, 0.15) is 36.4 Å². The number of carbonyl (C=O) groups excluding carboxylic acids is 2. The van der Waals surface area contributed by atoms with Gasteiger partial charge in [0, 0.05) is 23.4 Å². The van der Waals surface area contributed by atoms with Crippen molar-refractivity contribution in [1.82, 2.24) is 9.88 Å². The first-order valence-electron chi connectivity index (χ1n) is 11.2. The molecule has 34 heavy (non-hydrogen) atoms. The highest BCUT2D eigenvalue weighted by molar-refractivity contribution is 7.14. The maximum Gasteiger partial charge on any atom is 0.234 e. The molecule has 0 spiro atoms. The average molecular weight is 472 g/mol. The van der Waals surface area contributed by atoms with Gasteiger partial charge in [0.1, 0.15) is 5.82 Å². The number of thiazole rings is 1. The molecule has 1 fully saturated rings. The van der Waals surface area contributed by atoms with Crippen LogP contribution in [0.3, 0.4) is 0 Å². The second-order valence-corrected chi connectivity index (χ2v) is 10.1. The fourth-order valence-corrected chi connectivity index (χ4v) is 6.40. The smallest absolute Gasteiger partial charge is 0.234 e. The fourth-order valence-electron chi connectivity index (χ4n) is 5.69. The van der Waals surface area contributed by atoms with Crippen molar-refractivity contribution < 1.29 is 14.0 Å². The Bertz CT molecular complexity index is 1480. The number of likely N-dealkylation sites (N-methyl/N-ethyl adjacent to an activating group) is 1. The van der Waals surface area contributed by atoms with E-state index in [1.54, 1.807) is 30.1 Å². The van der Waals surface area contributed by atoms with Gasteiger partial charge in [0.25, 0.3) is 0 Å². The summed E-state index contributed by atoms with van der Waals surface area (Å²) >= 11 is 1.34. The topological polar surface area (TPSA) is 62.3 Å². The number of hydrogen-bond acceptors (Lipinski definition) is 4. The quantitative estimate of drug-likeness (QED) is 0.414. The number of anilines is 1. The van der Waals surface area contributed by atoms with E-state index >= 15 is 0 Å². The average Bonchev–Trinajstić information content (AvgIpc) is 3.30. The molecule has 1 saturated heterocycles. The summed E-state index contributed by atoms with van der Waals surface area (Å²) in [6, 6.07) is 18.0. The lowest BCUT2D eigenvalue weighted by Gasteiger charge is -2.53. The molecule has 5 nitrogen and oxygen atoms in total. The number of fused-ring (bicyclic) bond motifs is 3. The molecule has 170 valence electrons. The third kappa shape index (κ3) is 2.93. The van der Waals surface area contributed by atoms with Crippen LogP contribution in [-0.4, -0.2) is 28.7 Å². The van der Waals surface area contributed by atoms with E-state index in [0.29, 0.717) is 22.6 Å². The van der Waals surface area contributed by atoms with Gasteiger partial charge >= 0.3 is 0 Å². The highest BCUT2D eigenvalue weighted by Crippen LogP contribution is 2.56. The van der Waals surface area contributed by atoms with E-state index in [4.69, 9.17) is 0 Å². The Hall–Kier alpha value is -3.58. The highest BCUT2D eigenvalue weighted by atomic mass is 32.1. The molecule has 4 aromatic rings. The van der Waals surface area contributed by atoms with E-state index in [0.717, 1.165) is 22.1 Å². The SMILES string of the molecule is CN1C(=O)[C@H]2C[C@](C)(C(=O)Nc3nc(-c4ccc(F)c5ccccc45)cs3)C1c1ccccc12. The summed E-state index contributed by atoms with van der Waals surface area (Å²) in [7, 11) is 1.78. The minimum atomic E-state index is -0.782. The molecule has 2 bridgehead atoms. The molecule has 3 aromatic carbocycles. The Morgan fingerprint density at radius 2 is 1.79 bits per heavy atom. The number of hydrogen-bond donors (Lipinski definition) is 1. The first kappa shape index (κ1) is 21.0. The zero-order valence-electron chi connectivity index (χ0n) is 18.7. The van der Waals surface area contributed by atoms with E-state index < -0.39 is 5.41 Å². The Kier molecular flexibility index (Phi) is 4.61. The largest absolute Gasteiger partial charge is 0.337 e. The van der Waals surface area contributed by atoms with Crippen molar-refractivity contribution in [1.29, 1.82) is 0 Å². The van der Waals surface area contributed by atoms with Gasteiger partial charge in [-0.2, -0.15) is 0 Å². The Morgan fingerprint density at radius 3 is 2.59 bits per heavy atom. The fraction of sp³-hybridized carbons (Fsp3) is 0.222. The molecule has 1 N–H and O–H groups in total. The number of benzene rings is 3. The standard InChI is InChI=1S/C27H22FN3O2S/c1-27(13-20-16-8-4-6-10-19(16)23(27)31(2)24(20)32)25(33)30-26-29-22(14-34-26)18-11-12-21(28)17-9-5-3-7-15(17)18/h3-12,14,20,23H,13H2,1-2H3,(H,29,30,33)/t20-,23?,27-/m0/s1. The number of carbonyl (C=O) groups is 2. The first-order valence-corrected chi connectivity index (χ1v) is 12.1. The van der Waals surface area contributed by atoms with Crippen LogP contribution in [0.5, 0.6) is 0 Å². The first-order chi connectivity index (χ1) is 16.4. The van der Waals surface area contributed by atoms with Gasteiger partial charge < -0.3 is 10.2 Å². The number of aromatic nitrogens is 1. The second-order valence-electron chi connectivity index (χ2n) is 9.29. The zero-order chi connectivity index (χ0) is 23.6. The number of amides is 2. The molecule has 0 saturated carbocycles. The number of piperidine rings is 1. The number of halogens is 1. The predicted molar refractivity (Wildman–Crippen MR) is 131 cm³/mol. The van der Waals surface area contributed by atoms with E-state index in [-0.39, 0.29) is 29.6 Å². The van der Waals surface area contributed by atoms with Crippen LogP contribution in [0, 0.1) is 11.2 Å². The van der Waals surface area contributed by atoms with Crippen LogP contribution in [0.2, 0.25) is 0 Å². The van der Waals surface area contributed by atoms with Crippen LogP contribution < -0.4 is 5.32 Å². The molecule has 1 aromatic heterocycles. The zero-order valence-corrected chi connectivity index (χ0v) is 19.5. The molecule has 7 heteroatoms. The minimum Gasteiger partial charge on any atom is -0.337 e. The van der Waals surface area contributed by atoms with Crippen LogP contribution in [0.15, 0.2) is 66.0 Å². The number of nitrogens with zero attached hydrogens (tertiary/aromatic N) is 2. The molecule has 3 heterocycles. The maximum absolute atomic E-state index is 14.2. The molecule has 3 atom stereocenters. The van der Waals surface area contributed by atoms with E-state index in [2.05, 4.69) is 10.3 Å². The van der Waals surface area contributed by atoms with Crippen molar-refractivity contribution in [2.24, 2.45) is 5.41 Å². The van der Waals surface area contributed by atoms with Gasteiger partial charge in [0.05, 0.1) is 23.1 Å². The van der Waals surface area contributed by atoms with Crippen LogP contribution in [-0.2, 0) is 9.59 Å². The molecule has 2 amide bonds. The van der Waals surface area contributed by atoms with E-state index in [9.17, 15) is 14.0 Å². The lowest BCUT2D eigenvalue weighted by molar-refractivity contribution is -0.151. The Labute approximate surface area is 200 Å². The van der Waals surface area contributed by atoms with E-state index in [1.807, 2.05) is 48.7 Å². The molecule has 1 unspecified atom stereocenters. The van der Waals surface area contributed by atoms with Crippen LogP contribution >= 0.6 is 11.3 Å². The molecule has 0 radical (unpaired) electrons. The minimum absolute atomic E-state index is 0.0636. The molecular formula is C27H22FN3O2S. The van der Waals surface area contributed by atoms with Gasteiger partial charge in [0.2, 0.25) is 11.8 Å². The summed E-state index contributed by atoms with van der Waals surface area (Å²) < 4.78 is 14.2. The Balaban J connectivity index is 1.32. The van der Waals surface area contributed by atoms with Crippen LogP contribution in [0.25, 0.3) is 22.0 Å².